The molecule has 1 N–H and O–H groups in total. The summed E-state index contributed by atoms with van der Waals surface area (Å²) in [6, 6.07) is 10.7. The van der Waals surface area contributed by atoms with Crippen LogP contribution in [0.4, 0.5) is 0 Å². The summed E-state index contributed by atoms with van der Waals surface area (Å²) in [5, 5.41) is 4.23. The maximum Gasteiger partial charge on any atom is 0.276 e. The number of nitrogens with zero attached hydrogens (tertiary/aromatic N) is 1. The maximum atomic E-state index is 12.1. The number of halogens is 2. The maximum absolute atomic E-state index is 12.1. The molecule has 0 bridgehead atoms. The second-order valence-corrected chi connectivity index (χ2v) is 7.00. The van der Waals surface area contributed by atoms with Crippen molar-refractivity contribution in [3.63, 3.8) is 0 Å². The normalized spacial score (nSPS) is 15.3. The number of amides is 1. The fraction of sp³-hybridized carbons (Fsp3) is 0.158. The molecule has 0 aliphatic carbocycles. The molecule has 3 rings (SSSR count). The Morgan fingerprint density at radius 3 is 2.56 bits per heavy atom. The molecule has 0 saturated carbocycles. The van der Waals surface area contributed by atoms with E-state index in [1.165, 1.54) is 4.90 Å². The van der Waals surface area contributed by atoms with Crippen molar-refractivity contribution in [2.24, 2.45) is 0 Å². The number of ether oxygens (including phenoxy) is 2. The lowest BCUT2D eigenvalue weighted by Gasteiger charge is -2.12. The molecule has 1 amide bonds. The Bertz CT molecular complexity index is 947. The quantitative estimate of drug-likeness (QED) is 0.575. The van der Waals surface area contributed by atoms with E-state index in [2.05, 4.69) is 5.32 Å². The Balaban J connectivity index is 1.77. The monoisotopic (exact) mass is 422 g/mol. The van der Waals surface area contributed by atoms with Crippen LogP contribution in [0.3, 0.4) is 0 Å². The summed E-state index contributed by atoms with van der Waals surface area (Å²) in [4.78, 5) is 13.5. The molecule has 1 saturated heterocycles. The molecule has 140 valence electrons. The molecule has 0 unspecified atom stereocenters. The van der Waals surface area contributed by atoms with E-state index in [1.807, 2.05) is 12.1 Å². The molecule has 0 atom stereocenters. The lowest BCUT2D eigenvalue weighted by molar-refractivity contribution is -0.121. The van der Waals surface area contributed by atoms with Gasteiger partial charge in [0.1, 0.15) is 12.3 Å². The third-order valence-corrected chi connectivity index (χ3v) is 5.07. The van der Waals surface area contributed by atoms with Crippen LogP contribution in [0.2, 0.25) is 10.0 Å². The van der Waals surface area contributed by atoms with Gasteiger partial charge in [-0.15, -0.1) is 0 Å². The zero-order valence-corrected chi connectivity index (χ0v) is 16.9. The van der Waals surface area contributed by atoms with Gasteiger partial charge in [-0.2, -0.15) is 0 Å². The molecular weight excluding hydrogens is 407 g/mol. The molecule has 0 radical (unpaired) electrons. The molecule has 1 heterocycles. The number of carbonyl (C=O) groups is 1. The van der Waals surface area contributed by atoms with Gasteiger partial charge in [-0.1, -0.05) is 35.3 Å². The van der Waals surface area contributed by atoms with Gasteiger partial charge in [-0.25, -0.2) is 0 Å². The second kappa shape index (κ2) is 8.17. The van der Waals surface area contributed by atoms with Gasteiger partial charge in [0.05, 0.1) is 17.2 Å². The lowest BCUT2D eigenvalue weighted by Crippen LogP contribution is -2.25. The van der Waals surface area contributed by atoms with Crippen LogP contribution in [0.5, 0.6) is 11.5 Å². The number of methoxy groups -OCH3 is 1. The number of thiocarbonyl (C=S) groups is 1. The predicted octanol–water partition coefficient (Wildman–Crippen LogP) is 4.27. The van der Waals surface area contributed by atoms with Gasteiger partial charge in [-0.3, -0.25) is 9.69 Å². The number of carbonyl (C=O) groups excluding carboxylic acids is 1. The minimum absolute atomic E-state index is 0.182. The highest BCUT2D eigenvalue weighted by Crippen LogP contribution is 2.30. The van der Waals surface area contributed by atoms with E-state index in [-0.39, 0.29) is 5.91 Å². The Kier molecular flexibility index (Phi) is 5.89. The minimum atomic E-state index is -0.182. The van der Waals surface area contributed by atoms with E-state index >= 15 is 0 Å². The van der Waals surface area contributed by atoms with Crippen LogP contribution in [0.25, 0.3) is 6.08 Å². The average molecular weight is 423 g/mol. The number of benzene rings is 2. The smallest absolute Gasteiger partial charge is 0.276 e. The molecule has 0 aromatic heterocycles. The number of nitrogens with one attached hydrogen (secondary N) is 1. The molecule has 2 aromatic rings. The summed E-state index contributed by atoms with van der Waals surface area (Å²) in [6.07, 6.45) is 1.71. The second-order valence-electron chi connectivity index (χ2n) is 5.80. The van der Waals surface area contributed by atoms with Crippen molar-refractivity contribution in [2.45, 2.75) is 6.61 Å². The predicted molar refractivity (Wildman–Crippen MR) is 110 cm³/mol. The summed E-state index contributed by atoms with van der Waals surface area (Å²) in [5.74, 6) is 0.939. The average Bonchev–Trinajstić information content (AvgIpc) is 2.90. The first-order valence-electron chi connectivity index (χ1n) is 7.94. The first kappa shape index (κ1) is 19.5. The summed E-state index contributed by atoms with van der Waals surface area (Å²) < 4.78 is 11.2. The SMILES string of the molecule is COc1cc(/C=C2\NC(=S)N(C)C2=O)ccc1OCc1ccc(Cl)c(Cl)c1. The van der Waals surface area contributed by atoms with Gasteiger partial charge in [0.2, 0.25) is 0 Å². The van der Waals surface area contributed by atoms with Gasteiger partial charge in [0, 0.05) is 7.05 Å². The van der Waals surface area contributed by atoms with Crippen molar-refractivity contribution < 1.29 is 14.3 Å². The van der Waals surface area contributed by atoms with E-state index in [0.717, 1.165) is 11.1 Å². The molecule has 1 aliphatic rings. The van der Waals surface area contributed by atoms with E-state index in [9.17, 15) is 4.79 Å². The molecule has 2 aromatic carbocycles. The zero-order valence-electron chi connectivity index (χ0n) is 14.6. The fourth-order valence-corrected chi connectivity index (χ4v) is 2.99. The standard InChI is InChI=1S/C19H16Cl2N2O3S/c1-23-18(24)15(22-19(23)27)8-11-4-6-16(17(9-11)25-2)26-10-12-3-5-13(20)14(21)7-12/h3-9H,10H2,1-2H3,(H,22,27)/b15-8-. The van der Waals surface area contributed by atoms with Crippen molar-refractivity contribution in [3.05, 3.63) is 63.3 Å². The number of hydrogen-bond donors (Lipinski definition) is 1. The summed E-state index contributed by atoms with van der Waals surface area (Å²) in [7, 11) is 3.18. The van der Waals surface area contributed by atoms with Gasteiger partial charge >= 0.3 is 0 Å². The molecule has 1 fully saturated rings. The van der Waals surface area contributed by atoms with E-state index in [1.54, 1.807) is 44.5 Å². The number of rotatable bonds is 5. The first-order valence-corrected chi connectivity index (χ1v) is 9.11. The third-order valence-electron chi connectivity index (χ3n) is 3.96. The van der Waals surface area contributed by atoms with Crippen LogP contribution in [0, 0.1) is 0 Å². The van der Waals surface area contributed by atoms with Crippen LogP contribution in [-0.2, 0) is 11.4 Å². The largest absolute Gasteiger partial charge is 0.493 e. The molecule has 0 spiro atoms. The van der Waals surface area contributed by atoms with Gasteiger partial charge < -0.3 is 14.8 Å². The van der Waals surface area contributed by atoms with Crippen LogP contribution in [0.15, 0.2) is 42.1 Å². The molecule has 27 heavy (non-hydrogen) atoms. The summed E-state index contributed by atoms with van der Waals surface area (Å²) >= 11 is 17.0. The highest BCUT2D eigenvalue weighted by molar-refractivity contribution is 7.80. The van der Waals surface area contributed by atoms with Crippen LogP contribution in [-0.4, -0.2) is 30.1 Å². The topological polar surface area (TPSA) is 50.8 Å². The van der Waals surface area contributed by atoms with Crippen molar-refractivity contribution in [1.29, 1.82) is 0 Å². The molecule has 1 aliphatic heterocycles. The van der Waals surface area contributed by atoms with Gasteiger partial charge in [0.15, 0.2) is 16.6 Å². The van der Waals surface area contributed by atoms with Gasteiger partial charge in [-0.05, 0) is 53.7 Å². The minimum Gasteiger partial charge on any atom is -0.493 e. The first-order chi connectivity index (χ1) is 12.9. The Hall–Kier alpha value is -2.28. The third kappa shape index (κ3) is 4.35. The van der Waals surface area contributed by atoms with Crippen molar-refractivity contribution in [1.82, 2.24) is 10.2 Å². The fourth-order valence-electron chi connectivity index (χ4n) is 2.47. The Morgan fingerprint density at radius 1 is 1.15 bits per heavy atom. The number of hydrogen-bond acceptors (Lipinski definition) is 4. The Morgan fingerprint density at radius 2 is 1.93 bits per heavy atom. The molecular formula is C19H16Cl2N2O3S. The van der Waals surface area contributed by atoms with Crippen LogP contribution >= 0.6 is 35.4 Å². The van der Waals surface area contributed by atoms with Crippen molar-refractivity contribution >= 4 is 52.5 Å². The van der Waals surface area contributed by atoms with Crippen LogP contribution in [0.1, 0.15) is 11.1 Å². The van der Waals surface area contributed by atoms with E-state index in [4.69, 9.17) is 44.9 Å². The zero-order chi connectivity index (χ0) is 19.6. The van der Waals surface area contributed by atoms with Crippen molar-refractivity contribution in [3.8, 4) is 11.5 Å². The van der Waals surface area contributed by atoms with Crippen LogP contribution < -0.4 is 14.8 Å². The van der Waals surface area contributed by atoms with Gasteiger partial charge in [0.25, 0.3) is 5.91 Å². The van der Waals surface area contributed by atoms with Crippen molar-refractivity contribution in [2.75, 3.05) is 14.2 Å². The molecule has 5 nitrogen and oxygen atoms in total. The number of likely N-dealkylation sites (N-methyl/N-ethyl adjacent to an activating group) is 1. The highest BCUT2D eigenvalue weighted by atomic mass is 35.5. The Labute approximate surface area is 172 Å². The highest BCUT2D eigenvalue weighted by Gasteiger charge is 2.26. The lowest BCUT2D eigenvalue weighted by atomic mass is 10.1. The van der Waals surface area contributed by atoms with E-state index in [0.29, 0.717) is 39.0 Å². The summed E-state index contributed by atoms with van der Waals surface area (Å²) in [6.45, 7) is 0.312. The van der Waals surface area contributed by atoms with E-state index < -0.39 is 0 Å². The molecule has 8 heteroatoms. The summed E-state index contributed by atoms with van der Waals surface area (Å²) in [5.41, 5.74) is 2.08.